The highest BCUT2D eigenvalue weighted by atomic mass is 16.5. The third-order valence-corrected chi connectivity index (χ3v) is 4.19. The van der Waals surface area contributed by atoms with Gasteiger partial charge in [-0.1, -0.05) is 12.1 Å². The maximum atomic E-state index is 12.1. The molecule has 2 heterocycles. The van der Waals surface area contributed by atoms with Crippen LogP contribution < -0.4 is 10.4 Å². The van der Waals surface area contributed by atoms with Gasteiger partial charge in [0.2, 0.25) is 0 Å². The van der Waals surface area contributed by atoms with Gasteiger partial charge in [-0.15, -0.1) is 0 Å². The quantitative estimate of drug-likeness (QED) is 0.805. The molecule has 1 saturated carbocycles. The number of imidazole rings is 1. The van der Waals surface area contributed by atoms with Crippen LogP contribution in [0.2, 0.25) is 0 Å². The summed E-state index contributed by atoms with van der Waals surface area (Å²) in [6, 6.07) is 9.88. The summed E-state index contributed by atoms with van der Waals surface area (Å²) in [5.41, 5.74) is 3.52. The zero-order valence-corrected chi connectivity index (χ0v) is 12.4. The Hall–Kier alpha value is -2.56. The van der Waals surface area contributed by atoms with E-state index in [1.54, 1.807) is 13.3 Å². The second kappa shape index (κ2) is 5.02. The third-order valence-electron chi connectivity index (χ3n) is 4.19. The van der Waals surface area contributed by atoms with Crippen molar-refractivity contribution in [3.8, 4) is 16.9 Å². The predicted octanol–water partition coefficient (Wildman–Crippen LogP) is 2.81. The van der Waals surface area contributed by atoms with Gasteiger partial charge in [-0.25, -0.2) is 9.78 Å². The molecule has 0 amide bonds. The Morgan fingerprint density at radius 2 is 2.05 bits per heavy atom. The average molecular weight is 295 g/mol. The number of hydrogen-bond donors (Lipinski definition) is 1. The Morgan fingerprint density at radius 1 is 1.27 bits per heavy atom. The molecule has 0 atom stereocenters. The van der Waals surface area contributed by atoms with Crippen molar-refractivity contribution in [2.75, 3.05) is 7.11 Å². The van der Waals surface area contributed by atoms with Crippen molar-refractivity contribution in [3.05, 3.63) is 47.0 Å². The van der Waals surface area contributed by atoms with Gasteiger partial charge < -0.3 is 4.74 Å². The Balaban J connectivity index is 1.79. The Labute approximate surface area is 127 Å². The monoisotopic (exact) mass is 295 g/mol. The largest absolute Gasteiger partial charge is 0.497 e. The van der Waals surface area contributed by atoms with Crippen LogP contribution in [0.4, 0.5) is 0 Å². The number of methoxy groups -OCH3 is 1. The van der Waals surface area contributed by atoms with Crippen molar-refractivity contribution < 1.29 is 4.74 Å². The van der Waals surface area contributed by atoms with E-state index >= 15 is 0 Å². The van der Waals surface area contributed by atoms with E-state index in [0.717, 1.165) is 28.9 Å². The fraction of sp³-hybridized carbons (Fsp3) is 0.294. The lowest BCUT2D eigenvalue weighted by Crippen LogP contribution is -2.17. The molecule has 3 aromatic rings. The highest BCUT2D eigenvalue weighted by Crippen LogP contribution is 2.31. The van der Waals surface area contributed by atoms with Crippen molar-refractivity contribution in [2.45, 2.75) is 19.4 Å². The molecule has 0 radical (unpaired) electrons. The number of nitrogens with zero attached hydrogens (tertiary/aromatic N) is 2. The van der Waals surface area contributed by atoms with Crippen molar-refractivity contribution in [3.63, 3.8) is 0 Å². The van der Waals surface area contributed by atoms with E-state index < -0.39 is 0 Å². The lowest BCUT2D eigenvalue weighted by molar-refractivity contribution is 0.415. The Morgan fingerprint density at radius 3 is 2.73 bits per heavy atom. The molecule has 1 aliphatic carbocycles. The summed E-state index contributed by atoms with van der Waals surface area (Å²) in [6.07, 6.45) is 4.22. The number of ether oxygens (including phenoxy) is 1. The molecule has 0 bridgehead atoms. The van der Waals surface area contributed by atoms with Crippen LogP contribution in [-0.2, 0) is 6.54 Å². The number of hydrogen-bond acceptors (Lipinski definition) is 3. The summed E-state index contributed by atoms with van der Waals surface area (Å²) >= 11 is 0. The molecule has 5 nitrogen and oxygen atoms in total. The van der Waals surface area contributed by atoms with E-state index in [9.17, 15) is 4.79 Å². The maximum Gasteiger partial charge on any atom is 0.327 e. The first-order chi connectivity index (χ1) is 10.7. The number of aromatic nitrogens is 3. The first kappa shape index (κ1) is 13.1. The minimum Gasteiger partial charge on any atom is -0.497 e. The van der Waals surface area contributed by atoms with Crippen LogP contribution in [0.1, 0.15) is 12.8 Å². The molecule has 0 saturated heterocycles. The minimum absolute atomic E-state index is 0.0683. The molecular formula is C17H17N3O2. The number of aromatic amines is 1. The molecule has 1 fully saturated rings. The standard InChI is InChI=1S/C17H17N3O2/c1-22-14-6-4-12(5-7-14)13-8-15-16(18-9-13)19-17(21)20(15)10-11-2-3-11/h4-9,11H,2-3,10H2,1H3,(H,18,19,21). The number of fused-ring (bicyclic) bond motifs is 1. The summed E-state index contributed by atoms with van der Waals surface area (Å²) in [5.74, 6) is 1.46. The second-order valence-electron chi connectivity index (χ2n) is 5.80. The minimum atomic E-state index is -0.0683. The van der Waals surface area contributed by atoms with E-state index in [1.807, 2.05) is 34.9 Å². The zero-order valence-electron chi connectivity index (χ0n) is 12.4. The fourth-order valence-corrected chi connectivity index (χ4v) is 2.71. The molecule has 1 N–H and O–H groups in total. The van der Waals surface area contributed by atoms with Gasteiger partial charge in [0, 0.05) is 18.3 Å². The summed E-state index contributed by atoms with van der Waals surface area (Å²) in [7, 11) is 1.65. The van der Waals surface area contributed by atoms with Gasteiger partial charge in [0.25, 0.3) is 0 Å². The Bertz CT molecular complexity index is 873. The predicted molar refractivity (Wildman–Crippen MR) is 85.1 cm³/mol. The zero-order chi connectivity index (χ0) is 15.1. The Kier molecular flexibility index (Phi) is 2.99. The molecule has 0 aliphatic heterocycles. The van der Waals surface area contributed by atoms with Gasteiger partial charge in [0.1, 0.15) is 5.75 Å². The van der Waals surface area contributed by atoms with Gasteiger partial charge in [0.05, 0.1) is 12.6 Å². The summed E-state index contributed by atoms with van der Waals surface area (Å²) in [4.78, 5) is 19.3. The van der Waals surface area contributed by atoms with E-state index in [1.165, 1.54) is 12.8 Å². The molecule has 2 aromatic heterocycles. The first-order valence-electron chi connectivity index (χ1n) is 7.47. The smallest absolute Gasteiger partial charge is 0.327 e. The molecule has 4 rings (SSSR count). The molecule has 112 valence electrons. The van der Waals surface area contributed by atoms with Crippen LogP contribution in [0.5, 0.6) is 5.75 Å². The lowest BCUT2D eigenvalue weighted by atomic mass is 10.1. The van der Waals surface area contributed by atoms with Crippen LogP contribution in [0.3, 0.4) is 0 Å². The SMILES string of the molecule is COc1ccc(-c2cnc3[nH]c(=O)n(CC4CC4)c3c2)cc1. The number of H-pyrrole nitrogens is 1. The van der Waals surface area contributed by atoms with Crippen LogP contribution in [0.15, 0.2) is 41.3 Å². The van der Waals surface area contributed by atoms with Crippen LogP contribution >= 0.6 is 0 Å². The number of pyridine rings is 1. The van der Waals surface area contributed by atoms with Crippen molar-refractivity contribution in [2.24, 2.45) is 5.92 Å². The van der Waals surface area contributed by atoms with Crippen molar-refractivity contribution in [1.29, 1.82) is 0 Å². The molecule has 1 aromatic carbocycles. The van der Waals surface area contributed by atoms with E-state index in [-0.39, 0.29) is 5.69 Å². The van der Waals surface area contributed by atoms with Gasteiger partial charge >= 0.3 is 5.69 Å². The second-order valence-corrected chi connectivity index (χ2v) is 5.80. The van der Waals surface area contributed by atoms with E-state index in [4.69, 9.17) is 4.74 Å². The van der Waals surface area contributed by atoms with E-state index in [2.05, 4.69) is 9.97 Å². The topological polar surface area (TPSA) is 59.9 Å². The molecule has 22 heavy (non-hydrogen) atoms. The number of nitrogens with one attached hydrogen (secondary N) is 1. The molecular weight excluding hydrogens is 278 g/mol. The van der Waals surface area contributed by atoms with Crippen molar-refractivity contribution in [1.82, 2.24) is 14.5 Å². The number of rotatable bonds is 4. The average Bonchev–Trinajstić information content (AvgIpc) is 3.32. The third kappa shape index (κ3) is 2.28. The van der Waals surface area contributed by atoms with Gasteiger partial charge in [-0.05, 0) is 42.5 Å². The van der Waals surface area contributed by atoms with Gasteiger partial charge in [-0.2, -0.15) is 0 Å². The summed E-state index contributed by atoms with van der Waals surface area (Å²) in [6.45, 7) is 0.784. The first-order valence-corrected chi connectivity index (χ1v) is 7.47. The van der Waals surface area contributed by atoms with Crippen LogP contribution in [0, 0.1) is 5.92 Å². The lowest BCUT2D eigenvalue weighted by Gasteiger charge is -2.05. The van der Waals surface area contributed by atoms with Gasteiger partial charge in [0.15, 0.2) is 5.65 Å². The highest BCUT2D eigenvalue weighted by molar-refractivity contribution is 5.78. The molecule has 1 aliphatic rings. The molecule has 0 unspecified atom stereocenters. The normalized spacial score (nSPS) is 14.4. The van der Waals surface area contributed by atoms with Crippen LogP contribution in [0.25, 0.3) is 22.3 Å². The van der Waals surface area contributed by atoms with Crippen molar-refractivity contribution >= 4 is 11.2 Å². The fourth-order valence-electron chi connectivity index (χ4n) is 2.71. The van der Waals surface area contributed by atoms with Gasteiger partial charge in [-0.3, -0.25) is 9.55 Å². The van der Waals surface area contributed by atoms with Crippen LogP contribution in [-0.4, -0.2) is 21.6 Å². The summed E-state index contributed by atoms with van der Waals surface area (Å²) in [5, 5.41) is 0. The summed E-state index contributed by atoms with van der Waals surface area (Å²) < 4.78 is 6.99. The maximum absolute atomic E-state index is 12.1. The number of benzene rings is 1. The van der Waals surface area contributed by atoms with E-state index in [0.29, 0.717) is 11.6 Å². The highest BCUT2D eigenvalue weighted by Gasteiger charge is 2.23. The molecule has 0 spiro atoms. The molecule has 5 heteroatoms.